The lowest BCUT2D eigenvalue weighted by Gasteiger charge is -2.33. The Balaban J connectivity index is 1.62. The van der Waals surface area contributed by atoms with Gasteiger partial charge < -0.3 is 24.6 Å². The van der Waals surface area contributed by atoms with Crippen molar-refractivity contribution in [2.45, 2.75) is 6.42 Å². The van der Waals surface area contributed by atoms with E-state index in [0.29, 0.717) is 56.5 Å². The maximum absolute atomic E-state index is 12.1. The van der Waals surface area contributed by atoms with E-state index in [2.05, 4.69) is 26.0 Å². The molecule has 1 aromatic carbocycles. The number of carbonyl (C=O) groups is 2. The zero-order valence-corrected chi connectivity index (χ0v) is 16.3. The second kappa shape index (κ2) is 9.72. The lowest BCUT2D eigenvalue weighted by atomic mass is 10.3. The molecule has 2 rings (SSSR count). The quantitative estimate of drug-likeness (QED) is 0.723. The first-order valence-electron chi connectivity index (χ1n) is 7.95. The van der Waals surface area contributed by atoms with Crippen LogP contribution in [0.15, 0.2) is 22.7 Å². The number of benzene rings is 1. The van der Waals surface area contributed by atoms with Crippen LogP contribution < -0.4 is 10.1 Å². The van der Waals surface area contributed by atoms with E-state index in [4.69, 9.17) is 16.3 Å². The van der Waals surface area contributed by atoms with Gasteiger partial charge >= 0.3 is 12.1 Å². The average molecular weight is 435 g/mol. The number of hydrogen-bond acceptors (Lipinski definition) is 4. The standard InChI is InChI=1S/C16H21BrClN3O4/c1-24-16(23)21-8-6-20(7-9-21)15(22)19-5-2-10-25-14-4-3-12(17)11-13(14)18/h3-4,11H,2,5-10H2,1H3,(H,19,22). The molecule has 0 aliphatic carbocycles. The van der Waals surface area contributed by atoms with E-state index in [0.717, 1.165) is 4.47 Å². The van der Waals surface area contributed by atoms with Crippen LogP contribution in [0.5, 0.6) is 5.75 Å². The SMILES string of the molecule is COC(=O)N1CCN(C(=O)NCCCOc2ccc(Br)cc2Cl)CC1. The van der Waals surface area contributed by atoms with Crippen molar-refractivity contribution in [1.82, 2.24) is 15.1 Å². The highest BCUT2D eigenvalue weighted by Gasteiger charge is 2.24. The van der Waals surface area contributed by atoms with Crippen molar-refractivity contribution in [3.63, 3.8) is 0 Å². The molecule has 1 heterocycles. The van der Waals surface area contributed by atoms with E-state index < -0.39 is 0 Å². The van der Waals surface area contributed by atoms with Crippen molar-refractivity contribution in [3.05, 3.63) is 27.7 Å². The van der Waals surface area contributed by atoms with Crippen LogP contribution in [0.2, 0.25) is 5.02 Å². The molecule has 0 bridgehead atoms. The fourth-order valence-electron chi connectivity index (χ4n) is 2.37. The van der Waals surface area contributed by atoms with Gasteiger partial charge in [-0.3, -0.25) is 0 Å². The third-order valence-corrected chi connectivity index (χ3v) is 4.54. The highest BCUT2D eigenvalue weighted by Crippen LogP contribution is 2.27. The van der Waals surface area contributed by atoms with E-state index in [-0.39, 0.29) is 12.1 Å². The van der Waals surface area contributed by atoms with Crippen LogP contribution in [0.25, 0.3) is 0 Å². The largest absolute Gasteiger partial charge is 0.492 e. The summed E-state index contributed by atoms with van der Waals surface area (Å²) in [6.45, 7) is 2.90. The van der Waals surface area contributed by atoms with Gasteiger partial charge in [0.2, 0.25) is 0 Å². The maximum Gasteiger partial charge on any atom is 0.409 e. The lowest BCUT2D eigenvalue weighted by molar-refractivity contribution is 0.0970. The summed E-state index contributed by atoms with van der Waals surface area (Å²) < 4.78 is 11.2. The van der Waals surface area contributed by atoms with Gasteiger partial charge in [0, 0.05) is 37.2 Å². The topological polar surface area (TPSA) is 71.1 Å². The highest BCUT2D eigenvalue weighted by molar-refractivity contribution is 9.10. The summed E-state index contributed by atoms with van der Waals surface area (Å²) >= 11 is 9.41. The Labute approximate surface area is 160 Å². The summed E-state index contributed by atoms with van der Waals surface area (Å²) in [5.74, 6) is 0.620. The van der Waals surface area contributed by atoms with Crippen molar-refractivity contribution in [2.24, 2.45) is 0 Å². The van der Waals surface area contributed by atoms with Crippen molar-refractivity contribution in [2.75, 3.05) is 46.4 Å². The van der Waals surface area contributed by atoms with E-state index in [9.17, 15) is 9.59 Å². The minimum absolute atomic E-state index is 0.133. The first kappa shape index (κ1) is 19.7. The van der Waals surface area contributed by atoms with Crippen molar-refractivity contribution in [3.8, 4) is 5.75 Å². The van der Waals surface area contributed by atoms with Crippen LogP contribution in [-0.4, -0.2) is 68.4 Å². The minimum atomic E-state index is -0.358. The fourth-order valence-corrected chi connectivity index (χ4v) is 3.10. The van der Waals surface area contributed by atoms with Crippen LogP contribution in [0.1, 0.15) is 6.42 Å². The Bertz CT molecular complexity index is 609. The molecule has 25 heavy (non-hydrogen) atoms. The first-order chi connectivity index (χ1) is 12.0. The number of piperazine rings is 1. The Hall–Kier alpha value is -1.67. The van der Waals surface area contributed by atoms with Crippen molar-refractivity contribution in [1.29, 1.82) is 0 Å². The summed E-state index contributed by atoms with van der Waals surface area (Å²) in [6.07, 6.45) is 0.309. The molecule has 0 aromatic heterocycles. The second-order valence-electron chi connectivity index (χ2n) is 5.45. The number of ether oxygens (including phenoxy) is 2. The van der Waals surface area contributed by atoms with Gasteiger partial charge in [0.25, 0.3) is 0 Å². The average Bonchev–Trinajstić information content (AvgIpc) is 2.62. The molecule has 9 heteroatoms. The molecule has 1 aromatic rings. The highest BCUT2D eigenvalue weighted by atomic mass is 79.9. The Kier molecular flexibility index (Phi) is 7.64. The molecular weight excluding hydrogens is 414 g/mol. The molecular formula is C16H21BrClN3O4. The third-order valence-electron chi connectivity index (χ3n) is 3.75. The Morgan fingerprint density at radius 2 is 1.92 bits per heavy atom. The predicted molar refractivity (Wildman–Crippen MR) is 98.2 cm³/mol. The lowest BCUT2D eigenvalue weighted by Crippen LogP contribution is -2.53. The number of methoxy groups -OCH3 is 1. The number of nitrogens with one attached hydrogen (secondary N) is 1. The molecule has 1 aliphatic rings. The predicted octanol–water partition coefficient (Wildman–Crippen LogP) is 2.97. The molecule has 0 radical (unpaired) electrons. The Morgan fingerprint density at radius 3 is 2.56 bits per heavy atom. The van der Waals surface area contributed by atoms with Gasteiger partial charge in [-0.25, -0.2) is 9.59 Å². The zero-order chi connectivity index (χ0) is 18.2. The van der Waals surface area contributed by atoms with E-state index >= 15 is 0 Å². The smallest absolute Gasteiger partial charge is 0.409 e. The molecule has 1 N–H and O–H groups in total. The summed E-state index contributed by atoms with van der Waals surface area (Å²) in [6, 6.07) is 5.29. The van der Waals surface area contributed by atoms with Gasteiger partial charge in [0.15, 0.2) is 0 Å². The van der Waals surface area contributed by atoms with Crippen LogP contribution in [-0.2, 0) is 4.74 Å². The summed E-state index contributed by atoms with van der Waals surface area (Å²) in [4.78, 5) is 26.8. The number of halogens is 2. The molecule has 1 fully saturated rings. The van der Waals surface area contributed by atoms with Crippen molar-refractivity contribution < 1.29 is 19.1 Å². The van der Waals surface area contributed by atoms with Crippen LogP contribution in [0.4, 0.5) is 9.59 Å². The van der Waals surface area contributed by atoms with Crippen LogP contribution >= 0.6 is 27.5 Å². The van der Waals surface area contributed by atoms with Gasteiger partial charge in [-0.1, -0.05) is 27.5 Å². The number of nitrogens with zero attached hydrogens (tertiary/aromatic N) is 2. The normalized spacial score (nSPS) is 14.2. The number of carbonyl (C=O) groups excluding carboxylic acids is 2. The van der Waals surface area contributed by atoms with E-state index in [1.807, 2.05) is 6.07 Å². The summed E-state index contributed by atoms with van der Waals surface area (Å²) in [5.41, 5.74) is 0. The number of rotatable bonds is 5. The summed E-state index contributed by atoms with van der Waals surface area (Å²) in [5, 5.41) is 3.40. The molecule has 0 saturated carbocycles. The van der Waals surface area contributed by atoms with Crippen molar-refractivity contribution >= 4 is 39.7 Å². The molecule has 7 nitrogen and oxygen atoms in total. The molecule has 0 spiro atoms. The van der Waals surface area contributed by atoms with Gasteiger partial charge in [-0.05, 0) is 24.6 Å². The maximum atomic E-state index is 12.1. The number of hydrogen-bond donors (Lipinski definition) is 1. The second-order valence-corrected chi connectivity index (χ2v) is 6.78. The third kappa shape index (κ3) is 5.97. The molecule has 0 unspecified atom stereocenters. The van der Waals surface area contributed by atoms with Gasteiger partial charge in [-0.15, -0.1) is 0 Å². The fraction of sp³-hybridized carbons (Fsp3) is 0.500. The summed E-state index contributed by atoms with van der Waals surface area (Å²) in [7, 11) is 1.35. The monoisotopic (exact) mass is 433 g/mol. The molecule has 138 valence electrons. The van der Waals surface area contributed by atoms with E-state index in [1.54, 1.807) is 21.9 Å². The molecule has 1 saturated heterocycles. The van der Waals surface area contributed by atoms with Gasteiger partial charge in [-0.2, -0.15) is 0 Å². The van der Waals surface area contributed by atoms with Crippen LogP contribution in [0, 0.1) is 0 Å². The molecule has 1 aliphatic heterocycles. The first-order valence-corrected chi connectivity index (χ1v) is 9.12. The van der Waals surface area contributed by atoms with Gasteiger partial charge in [0.05, 0.1) is 18.7 Å². The zero-order valence-electron chi connectivity index (χ0n) is 14.0. The molecule has 0 atom stereocenters. The number of urea groups is 1. The Morgan fingerprint density at radius 1 is 1.24 bits per heavy atom. The number of amides is 3. The van der Waals surface area contributed by atoms with Gasteiger partial charge in [0.1, 0.15) is 5.75 Å². The van der Waals surface area contributed by atoms with E-state index in [1.165, 1.54) is 7.11 Å². The van der Waals surface area contributed by atoms with Crippen LogP contribution in [0.3, 0.4) is 0 Å². The minimum Gasteiger partial charge on any atom is -0.492 e. The molecule has 3 amide bonds.